The number of hydrogen-bond acceptors (Lipinski definition) is 3. The largest absolute Gasteiger partial charge is 0.353 e. The van der Waals surface area contributed by atoms with Crippen molar-refractivity contribution in [2.75, 3.05) is 12.8 Å². The quantitative estimate of drug-likeness (QED) is 0.687. The van der Waals surface area contributed by atoms with E-state index in [1.54, 1.807) is 0 Å². The van der Waals surface area contributed by atoms with Crippen LogP contribution in [0.1, 0.15) is 20.8 Å². The Morgan fingerprint density at radius 2 is 2.07 bits per heavy atom. The molecule has 14 heavy (non-hydrogen) atoms. The zero-order chi connectivity index (χ0) is 10.8. The number of carbonyl (C=O) groups is 1. The summed E-state index contributed by atoms with van der Waals surface area (Å²) in [5.74, 6) is 1.01. The number of amides is 1. The van der Waals surface area contributed by atoms with Gasteiger partial charge >= 0.3 is 0 Å². The van der Waals surface area contributed by atoms with E-state index in [0.717, 1.165) is 12.2 Å². The van der Waals surface area contributed by atoms with Gasteiger partial charge in [-0.25, -0.2) is 0 Å². The zero-order valence-electron chi connectivity index (χ0n) is 9.33. The van der Waals surface area contributed by atoms with Crippen molar-refractivity contribution in [2.24, 2.45) is 5.41 Å². The Balaban J connectivity index is 2.68. The summed E-state index contributed by atoms with van der Waals surface area (Å²) in [6.45, 7) is 6.74. The summed E-state index contributed by atoms with van der Waals surface area (Å²) >= 11 is 1.95. The van der Waals surface area contributed by atoms with Crippen molar-refractivity contribution < 1.29 is 4.79 Å². The van der Waals surface area contributed by atoms with Crippen molar-refractivity contribution in [1.82, 2.24) is 10.6 Å². The van der Waals surface area contributed by atoms with Crippen LogP contribution in [0.3, 0.4) is 0 Å². The smallest absolute Gasteiger partial charge is 0.207 e. The van der Waals surface area contributed by atoms with Crippen LogP contribution in [0.15, 0.2) is 0 Å². The minimum atomic E-state index is 0.270. The summed E-state index contributed by atoms with van der Waals surface area (Å²) < 4.78 is 0. The molecule has 1 fully saturated rings. The van der Waals surface area contributed by atoms with Gasteiger partial charge in [-0.15, -0.1) is 0 Å². The van der Waals surface area contributed by atoms with Gasteiger partial charge in [0.1, 0.15) is 0 Å². The molecule has 2 N–H and O–H groups in total. The molecule has 3 atom stereocenters. The van der Waals surface area contributed by atoms with Crippen molar-refractivity contribution in [3.05, 3.63) is 0 Å². The van der Waals surface area contributed by atoms with E-state index in [-0.39, 0.29) is 11.5 Å². The zero-order valence-corrected chi connectivity index (χ0v) is 10.1. The van der Waals surface area contributed by atoms with E-state index in [1.807, 2.05) is 18.8 Å². The molecule has 0 aliphatic carbocycles. The van der Waals surface area contributed by atoms with Gasteiger partial charge in [0.05, 0.1) is 6.04 Å². The predicted octanol–water partition coefficient (Wildman–Crippen LogP) is 0.850. The van der Waals surface area contributed by atoms with Gasteiger partial charge in [-0.05, 0) is 12.5 Å². The minimum Gasteiger partial charge on any atom is -0.353 e. The summed E-state index contributed by atoms with van der Waals surface area (Å²) in [6.07, 6.45) is 0.806. The van der Waals surface area contributed by atoms with Crippen LogP contribution in [0.25, 0.3) is 0 Å². The molecule has 4 heteroatoms. The molecule has 1 aliphatic heterocycles. The first-order chi connectivity index (χ1) is 6.50. The number of hydrogen-bond donors (Lipinski definition) is 2. The maximum atomic E-state index is 10.4. The summed E-state index contributed by atoms with van der Waals surface area (Å²) in [4.78, 5) is 10.4. The second kappa shape index (κ2) is 4.53. The van der Waals surface area contributed by atoms with Gasteiger partial charge in [0.2, 0.25) is 6.41 Å². The third kappa shape index (κ3) is 2.42. The van der Waals surface area contributed by atoms with Crippen LogP contribution < -0.4 is 10.6 Å². The molecule has 0 aromatic heterocycles. The average Bonchev–Trinajstić information content (AvgIpc) is 2.47. The number of likely N-dealkylation sites (N-methyl/N-ethyl adjacent to an activating group) is 1. The molecule has 0 aromatic rings. The third-order valence-electron chi connectivity index (χ3n) is 2.68. The molecule has 1 saturated heterocycles. The average molecular weight is 216 g/mol. The normalized spacial score (nSPS) is 33.0. The van der Waals surface area contributed by atoms with E-state index in [0.29, 0.717) is 11.3 Å². The predicted molar refractivity (Wildman–Crippen MR) is 61.5 cm³/mol. The van der Waals surface area contributed by atoms with Crippen LogP contribution in [0.4, 0.5) is 0 Å². The van der Waals surface area contributed by atoms with Crippen molar-refractivity contribution in [3.63, 3.8) is 0 Å². The number of rotatable bonds is 3. The molecule has 0 spiro atoms. The first-order valence-corrected chi connectivity index (χ1v) is 6.04. The first-order valence-electron chi connectivity index (χ1n) is 4.99. The van der Waals surface area contributed by atoms with Crippen LogP contribution >= 0.6 is 11.8 Å². The first kappa shape index (κ1) is 11.9. The fraction of sp³-hybridized carbons (Fsp3) is 0.900. The Hall–Kier alpha value is -0.220. The van der Waals surface area contributed by atoms with E-state index in [1.165, 1.54) is 0 Å². The van der Waals surface area contributed by atoms with Gasteiger partial charge < -0.3 is 10.6 Å². The Labute approximate surface area is 90.4 Å². The van der Waals surface area contributed by atoms with Gasteiger partial charge in [0.25, 0.3) is 0 Å². The lowest BCUT2D eigenvalue weighted by Crippen LogP contribution is -2.51. The molecule has 0 saturated carbocycles. The molecular formula is C10H20N2OS. The van der Waals surface area contributed by atoms with E-state index >= 15 is 0 Å². The second-order valence-electron chi connectivity index (χ2n) is 4.83. The van der Waals surface area contributed by atoms with Crippen LogP contribution in [-0.4, -0.2) is 36.5 Å². The lowest BCUT2D eigenvalue weighted by atomic mass is 9.85. The van der Waals surface area contributed by atoms with Gasteiger partial charge in [-0.3, -0.25) is 4.79 Å². The number of nitrogens with one attached hydrogen (secondary N) is 2. The number of thioether (sulfide) groups is 1. The minimum absolute atomic E-state index is 0.270. The van der Waals surface area contributed by atoms with Crippen LogP contribution in [0, 0.1) is 5.41 Å². The summed E-state index contributed by atoms with van der Waals surface area (Å²) in [7, 11) is 1.97. The van der Waals surface area contributed by atoms with Crippen molar-refractivity contribution in [1.29, 1.82) is 0 Å². The third-order valence-corrected chi connectivity index (χ3v) is 4.60. The molecule has 3 nitrogen and oxygen atoms in total. The highest BCUT2D eigenvalue weighted by Gasteiger charge is 2.41. The maximum absolute atomic E-state index is 10.4. The van der Waals surface area contributed by atoms with Crippen molar-refractivity contribution in [2.45, 2.75) is 38.1 Å². The monoisotopic (exact) mass is 216 g/mol. The molecule has 1 amide bonds. The van der Waals surface area contributed by atoms with Crippen LogP contribution in [0.5, 0.6) is 0 Å². The molecule has 82 valence electrons. The van der Waals surface area contributed by atoms with Gasteiger partial charge in [-0.2, -0.15) is 11.8 Å². The molecule has 0 aromatic carbocycles. The van der Waals surface area contributed by atoms with Gasteiger partial charge in [0, 0.05) is 17.0 Å². The molecule has 1 aliphatic rings. The molecule has 3 unspecified atom stereocenters. The summed E-state index contributed by atoms with van der Waals surface area (Å²) in [5, 5.41) is 6.76. The van der Waals surface area contributed by atoms with E-state index in [9.17, 15) is 4.79 Å². The van der Waals surface area contributed by atoms with Crippen LogP contribution in [-0.2, 0) is 4.79 Å². The SMILES string of the molecule is CNC1C(NC=O)CSC1C(C)(C)C. The maximum Gasteiger partial charge on any atom is 0.207 e. The van der Waals surface area contributed by atoms with Crippen molar-refractivity contribution >= 4 is 18.2 Å². The molecule has 1 rings (SSSR count). The molecule has 0 radical (unpaired) electrons. The van der Waals surface area contributed by atoms with E-state index < -0.39 is 0 Å². The summed E-state index contributed by atoms with van der Waals surface area (Å²) in [5.41, 5.74) is 0.275. The highest BCUT2D eigenvalue weighted by Crippen LogP contribution is 2.39. The van der Waals surface area contributed by atoms with Crippen LogP contribution in [0.2, 0.25) is 0 Å². The fourth-order valence-electron chi connectivity index (χ4n) is 2.01. The van der Waals surface area contributed by atoms with Gasteiger partial charge in [0.15, 0.2) is 0 Å². The van der Waals surface area contributed by atoms with Gasteiger partial charge in [-0.1, -0.05) is 20.8 Å². The Morgan fingerprint density at radius 1 is 1.43 bits per heavy atom. The standard InChI is InChI=1S/C10H20N2OS/c1-10(2,3)9-8(11-4)7(5-14-9)12-6-13/h6-9,11H,5H2,1-4H3,(H,12,13). The Kier molecular flexibility index (Phi) is 3.84. The molecule has 0 bridgehead atoms. The summed E-state index contributed by atoms with van der Waals surface area (Å²) in [6, 6.07) is 0.650. The Morgan fingerprint density at radius 3 is 2.50 bits per heavy atom. The highest BCUT2D eigenvalue weighted by molar-refractivity contribution is 8.00. The molecule has 1 heterocycles. The highest BCUT2D eigenvalue weighted by atomic mass is 32.2. The number of carbonyl (C=O) groups excluding carboxylic acids is 1. The van der Waals surface area contributed by atoms with E-state index in [2.05, 4.69) is 31.4 Å². The lowest BCUT2D eigenvalue weighted by molar-refractivity contribution is -0.110. The van der Waals surface area contributed by atoms with Crippen molar-refractivity contribution in [3.8, 4) is 0 Å². The Bertz CT molecular complexity index is 203. The van der Waals surface area contributed by atoms with E-state index in [4.69, 9.17) is 0 Å². The fourth-order valence-corrected chi connectivity index (χ4v) is 3.76. The molecular weight excluding hydrogens is 196 g/mol. The lowest BCUT2D eigenvalue weighted by Gasteiger charge is -2.32. The second-order valence-corrected chi connectivity index (χ2v) is 6.00. The topological polar surface area (TPSA) is 41.1 Å².